The fraction of sp³-hybridized carbons (Fsp3) is 0.500. The van der Waals surface area contributed by atoms with Crippen molar-refractivity contribution in [3.8, 4) is 5.75 Å². The molecule has 1 aliphatic heterocycles. The molecule has 3 rings (SSSR count). The number of aliphatic hydroxyl groups excluding tert-OH is 1. The zero-order valence-corrected chi connectivity index (χ0v) is 21.6. The average Bonchev–Trinajstić information content (AvgIpc) is 3.06. The molecule has 0 saturated carbocycles. The van der Waals surface area contributed by atoms with Crippen LogP contribution in [0.25, 0.3) is 0 Å². The quantitative estimate of drug-likeness (QED) is 0.238. The summed E-state index contributed by atoms with van der Waals surface area (Å²) in [6.07, 6.45) is -1.18. The minimum Gasteiger partial charge on any atom is -0.462 e. The van der Waals surface area contributed by atoms with Crippen LogP contribution in [0.3, 0.4) is 0 Å². The van der Waals surface area contributed by atoms with Crippen LogP contribution in [0.2, 0.25) is 0 Å². The molecule has 4 N–H and O–H groups in total. The van der Waals surface area contributed by atoms with Crippen LogP contribution in [0.5, 0.6) is 5.75 Å². The first-order valence-corrected chi connectivity index (χ1v) is 13.1. The molecule has 35 heavy (non-hydrogen) atoms. The number of carbonyl (C=O) groups excluding carboxylic acids is 1. The van der Waals surface area contributed by atoms with Crippen molar-refractivity contribution in [2.24, 2.45) is 5.92 Å². The molecule has 6 atom stereocenters. The maximum absolute atomic E-state index is 13.6. The van der Waals surface area contributed by atoms with Crippen LogP contribution in [-0.4, -0.2) is 51.6 Å². The number of rotatable bonds is 10. The minimum atomic E-state index is -4.10. The van der Waals surface area contributed by atoms with Gasteiger partial charge in [-0.3, -0.25) is 13.9 Å². The predicted molar refractivity (Wildman–Crippen MR) is 131 cm³/mol. The standard InChI is InChI=1S/C22H31N4O7PS/c1-13(2)31-21(28)15(4)25-34(29,33-16-8-6-5-7-9-16)30-12-17-19(27)14(3)20(32-17)26-11-10-18(23)24-22(26)35/h5-11,13-15,17,19-20,27H,12H2,1-4H3,(H,25,29)(H2,23,24,35)/t14-,15-,17+,19?,20+,34?/m0/s1. The Labute approximate surface area is 209 Å². The van der Waals surface area contributed by atoms with Crippen molar-refractivity contribution in [1.82, 2.24) is 14.6 Å². The molecule has 0 aliphatic carbocycles. The van der Waals surface area contributed by atoms with Crippen LogP contribution >= 0.6 is 20.0 Å². The lowest BCUT2D eigenvalue weighted by Gasteiger charge is -2.25. The molecule has 0 radical (unpaired) electrons. The second-order valence-corrected chi connectivity index (χ2v) is 10.6. The van der Waals surface area contributed by atoms with Gasteiger partial charge in [0, 0.05) is 12.1 Å². The van der Waals surface area contributed by atoms with Crippen molar-refractivity contribution in [2.75, 3.05) is 12.3 Å². The number of anilines is 1. The third-order valence-corrected chi connectivity index (χ3v) is 7.19. The summed E-state index contributed by atoms with van der Waals surface area (Å²) in [5.41, 5.74) is 5.68. The van der Waals surface area contributed by atoms with Crippen molar-refractivity contribution in [3.63, 3.8) is 0 Å². The maximum Gasteiger partial charge on any atom is 0.459 e. The number of aliphatic hydroxyl groups is 1. The van der Waals surface area contributed by atoms with Gasteiger partial charge in [-0.05, 0) is 51.2 Å². The molecular formula is C22H31N4O7PS. The highest BCUT2D eigenvalue weighted by molar-refractivity contribution is 7.71. The van der Waals surface area contributed by atoms with Crippen LogP contribution in [-0.2, 0) is 23.4 Å². The van der Waals surface area contributed by atoms with E-state index < -0.39 is 38.2 Å². The third kappa shape index (κ3) is 7.09. The van der Waals surface area contributed by atoms with Crippen molar-refractivity contribution < 1.29 is 33.0 Å². The van der Waals surface area contributed by atoms with Crippen molar-refractivity contribution in [3.05, 3.63) is 47.4 Å². The van der Waals surface area contributed by atoms with E-state index in [2.05, 4.69) is 10.1 Å². The van der Waals surface area contributed by atoms with Crippen LogP contribution < -0.4 is 15.3 Å². The number of ether oxygens (including phenoxy) is 2. The third-order valence-electron chi connectivity index (χ3n) is 5.24. The van der Waals surface area contributed by atoms with E-state index in [1.165, 1.54) is 6.92 Å². The van der Waals surface area contributed by atoms with Crippen molar-refractivity contribution in [1.29, 1.82) is 0 Å². The Bertz CT molecular complexity index is 1120. The maximum atomic E-state index is 13.6. The molecule has 1 aromatic carbocycles. The fourth-order valence-corrected chi connectivity index (χ4v) is 5.25. The van der Waals surface area contributed by atoms with Crippen LogP contribution in [0.4, 0.5) is 5.82 Å². The highest BCUT2D eigenvalue weighted by Crippen LogP contribution is 2.46. The lowest BCUT2D eigenvalue weighted by atomic mass is 10.0. The van der Waals surface area contributed by atoms with E-state index in [1.807, 2.05) is 0 Å². The summed E-state index contributed by atoms with van der Waals surface area (Å²) in [4.78, 5) is 16.3. The molecule has 192 valence electrons. The van der Waals surface area contributed by atoms with E-state index in [-0.39, 0.29) is 35.0 Å². The summed E-state index contributed by atoms with van der Waals surface area (Å²) in [5, 5.41) is 13.4. The van der Waals surface area contributed by atoms with Gasteiger partial charge in [0.05, 0.1) is 18.8 Å². The molecule has 0 bridgehead atoms. The number of benzene rings is 1. The number of nitrogens with one attached hydrogen (secondary N) is 1. The molecule has 1 aliphatic rings. The Hall–Kier alpha value is -2.34. The molecule has 1 saturated heterocycles. The van der Waals surface area contributed by atoms with Crippen LogP contribution in [0, 0.1) is 10.7 Å². The number of carbonyl (C=O) groups is 1. The topological polar surface area (TPSA) is 147 Å². The monoisotopic (exact) mass is 526 g/mol. The van der Waals surface area contributed by atoms with Gasteiger partial charge in [-0.2, -0.15) is 5.09 Å². The second-order valence-electron chi connectivity index (χ2n) is 8.49. The summed E-state index contributed by atoms with van der Waals surface area (Å²) in [6.45, 7) is 6.40. The molecule has 2 unspecified atom stereocenters. The van der Waals surface area contributed by atoms with Crippen LogP contribution in [0.15, 0.2) is 42.6 Å². The number of aromatic nitrogens is 2. The molecule has 0 spiro atoms. The van der Waals surface area contributed by atoms with Crippen molar-refractivity contribution >= 4 is 31.8 Å². The molecule has 1 fully saturated rings. The number of nitrogen functional groups attached to an aromatic ring is 1. The largest absolute Gasteiger partial charge is 0.462 e. The van der Waals surface area contributed by atoms with Gasteiger partial charge in [-0.15, -0.1) is 0 Å². The van der Waals surface area contributed by atoms with Gasteiger partial charge in [0.15, 0.2) is 0 Å². The van der Waals surface area contributed by atoms with E-state index in [9.17, 15) is 14.5 Å². The van der Waals surface area contributed by atoms with Crippen molar-refractivity contribution in [2.45, 2.75) is 58.3 Å². The number of para-hydroxylation sites is 1. The molecule has 13 heteroatoms. The van der Waals surface area contributed by atoms with E-state index in [1.54, 1.807) is 67.9 Å². The summed E-state index contributed by atoms with van der Waals surface area (Å²) in [5.74, 6) is -0.460. The summed E-state index contributed by atoms with van der Waals surface area (Å²) >= 11 is 5.27. The van der Waals surface area contributed by atoms with E-state index in [4.69, 9.17) is 36.5 Å². The number of hydrogen-bond acceptors (Lipinski definition) is 10. The van der Waals surface area contributed by atoms with Gasteiger partial charge in [-0.25, -0.2) is 9.55 Å². The number of nitrogens with two attached hydrogens (primary N) is 1. The average molecular weight is 527 g/mol. The summed E-state index contributed by atoms with van der Waals surface area (Å²) in [6, 6.07) is 8.97. The molecular weight excluding hydrogens is 495 g/mol. The lowest BCUT2D eigenvalue weighted by Crippen LogP contribution is -2.37. The Kier molecular flexibility index (Phi) is 9.03. The highest BCUT2D eigenvalue weighted by atomic mass is 32.1. The summed E-state index contributed by atoms with van der Waals surface area (Å²) in [7, 11) is -4.10. The molecule has 2 aromatic rings. The number of hydrogen-bond donors (Lipinski definition) is 3. The van der Waals surface area contributed by atoms with Gasteiger partial charge in [0.25, 0.3) is 0 Å². The van der Waals surface area contributed by atoms with Gasteiger partial charge in [0.1, 0.15) is 29.9 Å². The Morgan fingerprint density at radius 1 is 1.31 bits per heavy atom. The zero-order chi connectivity index (χ0) is 25.8. The Morgan fingerprint density at radius 2 is 2.00 bits per heavy atom. The van der Waals surface area contributed by atoms with Gasteiger partial charge < -0.3 is 24.8 Å². The minimum absolute atomic E-state index is 0.202. The van der Waals surface area contributed by atoms with E-state index >= 15 is 0 Å². The number of esters is 1. The lowest BCUT2D eigenvalue weighted by molar-refractivity contribution is -0.149. The SMILES string of the molecule is CC(C)OC(=O)[C@H](C)NP(=O)(OC[C@H]1O[C@@H](n2ccc(N)nc2=S)[C@@H](C)C1O)Oc1ccccc1. The smallest absolute Gasteiger partial charge is 0.459 e. The van der Waals surface area contributed by atoms with Gasteiger partial charge >= 0.3 is 13.7 Å². The number of nitrogens with zero attached hydrogens (tertiary/aromatic N) is 2. The molecule has 2 heterocycles. The van der Waals surface area contributed by atoms with E-state index in [0.717, 1.165) is 0 Å². The molecule has 1 aromatic heterocycles. The Morgan fingerprint density at radius 3 is 2.63 bits per heavy atom. The fourth-order valence-electron chi connectivity index (χ4n) is 3.47. The zero-order valence-electron chi connectivity index (χ0n) is 19.9. The van der Waals surface area contributed by atoms with Gasteiger partial charge in [-0.1, -0.05) is 25.1 Å². The molecule has 0 amide bonds. The summed E-state index contributed by atoms with van der Waals surface area (Å²) < 4.78 is 37.9. The van der Waals surface area contributed by atoms with E-state index in [0.29, 0.717) is 0 Å². The van der Waals surface area contributed by atoms with Crippen LogP contribution in [0.1, 0.15) is 33.9 Å². The van der Waals surface area contributed by atoms with Gasteiger partial charge in [0.2, 0.25) is 4.77 Å². The first-order valence-electron chi connectivity index (χ1n) is 11.1. The first-order chi connectivity index (χ1) is 16.5. The second kappa shape index (κ2) is 11.6. The normalized spacial score (nSPS) is 24.6. The first kappa shape index (κ1) is 27.3. The highest BCUT2D eigenvalue weighted by Gasteiger charge is 2.44. The Balaban J connectivity index is 1.75. The molecule has 11 nitrogen and oxygen atoms in total. The predicted octanol–water partition coefficient (Wildman–Crippen LogP) is 3.22.